The number of allylic oxidation sites excluding steroid dienone is 1. The Hall–Kier alpha value is -0.460. The average Bonchev–Trinajstić information content (AvgIpc) is 2.89. The Morgan fingerprint density at radius 2 is 1.91 bits per heavy atom. The summed E-state index contributed by atoms with van der Waals surface area (Å²) in [7, 11) is 0. The molecule has 0 saturated carbocycles. The summed E-state index contributed by atoms with van der Waals surface area (Å²) in [6.45, 7) is 2.58. The van der Waals surface area contributed by atoms with Crippen molar-refractivity contribution in [3.63, 3.8) is 0 Å². The van der Waals surface area contributed by atoms with Crippen LogP contribution in [0.4, 0.5) is 0 Å². The third kappa shape index (κ3) is 7.20. The Balaban J connectivity index is 2.03. The third-order valence-electron chi connectivity index (χ3n) is 3.99. The second-order valence-corrected chi connectivity index (χ2v) is 5.91. The van der Waals surface area contributed by atoms with Crippen LogP contribution in [-0.2, 0) is 9.47 Å². The van der Waals surface area contributed by atoms with E-state index in [2.05, 4.69) is 19.1 Å². The molecule has 0 radical (unpaired) electrons. The van der Waals surface area contributed by atoms with E-state index >= 15 is 0 Å². The van der Waals surface area contributed by atoms with E-state index < -0.39 is 31.0 Å². The van der Waals surface area contributed by atoms with Gasteiger partial charge in [-0.1, -0.05) is 44.8 Å². The highest BCUT2D eigenvalue weighted by atomic mass is 16.6. The summed E-state index contributed by atoms with van der Waals surface area (Å²) in [6, 6.07) is 0. The molecule has 1 aliphatic rings. The van der Waals surface area contributed by atoms with Gasteiger partial charge in [0.15, 0.2) is 0 Å². The van der Waals surface area contributed by atoms with E-state index in [9.17, 15) is 10.2 Å². The van der Waals surface area contributed by atoms with Gasteiger partial charge in [-0.15, -0.1) is 0 Å². The Morgan fingerprint density at radius 3 is 2.64 bits per heavy atom. The number of rotatable bonds is 12. The van der Waals surface area contributed by atoms with E-state index in [4.69, 9.17) is 14.6 Å². The minimum absolute atomic E-state index is 0.254. The van der Waals surface area contributed by atoms with Gasteiger partial charge >= 0.3 is 0 Å². The number of unbranched alkanes of at least 4 members (excludes halogenated alkanes) is 5. The number of hydrogen-bond donors (Lipinski definition) is 3. The maximum atomic E-state index is 9.95. The zero-order chi connectivity index (χ0) is 16.2. The van der Waals surface area contributed by atoms with Gasteiger partial charge in [0.2, 0.25) is 0 Å². The van der Waals surface area contributed by atoms with Crippen LogP contribution in [0, 0.1) is 0 Å². The molecule has 1 heterocycles. The van der Waals surface area contributed by atoms with Crippen LogP contribution in [0.25, 0.3) is 0 Å². The number of hydrogen-bond acceptors (Lipinski definition) is 5. The largest absolute Gasteiger partial charge is 0.394 e. The SMILES string of the molecule is CCCCCCC/C=C/CCO[C@@H]1CO[C@@H]([C@@H](O)CO)[C@H]1O. The van der Waals surface area contributed by atoms with Crippen LogP contribution in [0.2, 0.25) is 0 Å². The van der Waals surface area contributed by atoms with Crippen LogP contribution in [0.15, 0.2) is 12.2 Å². The van der Waals surface area contributed by atoms with Crippen LogP contribution in [-0.4, -0.2) is 59.6 Å². The molecule has 0 amide bonds. The predicted molar refractivity (Wildman–Crippen MR) is 85.7 cm³/mol. The minimum atomic E-state index is -1.06. The molecule has 4 atom stereocenters. The molecule has 0 aromatic rings. The summed E-state index contributed by atoms with van der Waals surface area (Å²) in [5.74, 6) is 0. The lowest BCUT2D eigenvalue weighted by Crippen LogP contribution is -2.41. The summed E-state index contributed by atoms with van der Waals surface area (Å²) in [4.78, 5) is 0. The molecule has 0 bridgehead atoms. The van der Waals surface area contributed by atoms with Crippen LogP contribution in [0.3, 0.4) is 0 Å². The van der Waals surface area contributed by atoms with Crippen molar-refractivity contribution in [3.05, 3.63) is 12.2 Å². The highest BCUT2D eigenvalue weighted by Gasteiger charge is 2.40. The normalized spacial score (nSPS) is 26.8. The molecule has 0 aromatic carbocycles. The highest BCUT2D eigenvalue weighted by molar-refractivity contribution is 4.89. The molecule has 22 heavy (non-hydrogen) atoms. The topological polar surface area (TPSA) is 79.2 Å². The number of aliphatic hydroxyl groups excluding tert-OH is 3. The zero-order valence-corrected chi connectivity index (χ0v) is 13.7. The first kappa shape index (κ1) is 19.6. The maximum absolute atomic E-state index is 9.95. The van der Waals surface area contributed by atoms with Crippen LogP contribution >= 0.6 is 0 Å². The van der Waals surface area contributed by atoms with Gasteiger partial charge in [-0.05, 0) is 19.3 Å². The Kier molecular flexibility index (Phi) is 10.7. The Bertz CT molecular complexity index is 295. The van der Waals surface area contributed by atoms with Gasteiger partial charge in [-0.25, -0.2) is 0 Å². The van der Waals surface area contributed by atoms with Gasteiger partial charge in [0.1, 0.15) is 24.4 Å². The molecule has 130 valence electrons. The second-order valence-electron chi connectivity index (χ2n) is 5.91. The fraction of sp³-hybridized carbons (Fsp3) is 0.882. The first-order chi connectivity index (χ1) is 10.7. The van der Waals surface area contributed by atoms with Crippen LogP contribution < -0.4 is 0 Å². The highest BCUT2D eigenvalue weighted by Crippen LogP contribution is 2.20. The van der Waals surface area contributed by atoms with Crippen molar-refractivity contribution in [2.75, 3.05) is 19.8 Å². The first-order valence-electron chi connectivity index (χ1n) is 8.55. The quantitative estimate of drug-likeness (QED) is 0.378. The smallest absolute Gasteiger partial charge is 0.114 e. The van der Waals surface area contributed by atoms with Gasteiger partial charge in [0, 0.05) is 0 Å². The van der Waals surface area contributed by atoms with E-state index in [-0.39, 0.29) is 6.61 Å². The third-order valence-corrected chi connectivity index (χ3v) is 3.99. The molecular formula is C17H32O5. The van der Waals surface area contributed by atoms with Crippen LogP contribution in [0.1, 0.15) is 51.9 Å². The van der Waals surface area contributed by atoms with Crippen molar-refractivity contribution in [2.24, 2.45) is 0 Å². The first-order valence-corrected chi connectivity index (χ1v) is 8.55. The summed E-state index contributed by atoms with van der Waals surface area (Å²) >= 11 is 0. The summed E-state index contributed by atoms with van der Waals surface area (Å²) in [5.41, 5.74) is 0. The standard InChI is InChI=1S/C17H32O5/c1-2-3-4-5-6-7-8-9-10-11-21-15-13-22-17(16(15)20)14(19)12-18/h8-9,14-20H,2-7,10-13H2,1H3/b9-8+/t14-,15+,16-,17-/m0/s1. The fourth-order valence-corrected chi connectivity index (χ4v) is 2.59. The van der Waals surface area contributed by atoms with Gasteiger partial charge in [0.05, 0.1) is 19.8 Å². The van der Waals surface area contributed by atoms with Crippen molar-refractivity contribution < 1.29 is 24.8 Å². The van der Waals surface area contributed by atoms with Gasteiger partial charge < -0.3 is 24.8 Å². The Labute approximate surface area is 133 Å². The van der Waals surface area contributed by atoms with Gasteiger partial charge in [-0.3, -0.25) is 0 Å². The second kappa shape index (κ2) is 12.0. The minimum Gasteiger partial charge on any atom is -0.394 e. The molecule has 0 unspecified atom stereocenters. The summed E-state index contributed by atoms with van der Waals surface area (Å²) in [5, 5.41) is 28.3. The van der Waals surface area contributed by atoms with Crippen molar-refractivity contribution >= 4 is 0 Å². The van der Waals surface area contributed by atoms with Crippen molar-refractivity contribution in [2.45, 2.75) is 76.3 Å². The Morgan fingerprint density at radius 1 is 1.18 bits per heavy atom. The lowest BCUT2D eigenvalue weighted by atomic mass is 10.1. The van der Waals surface area contributed by atoms with E-state index in [0.29, 0.717) is 6.61 Å². The monoisotopic (exact) mass is 316 g/mol. The molecule has 0 aromatic heterocycles. The fourth-order valence-electron chi connectivity index (χ4n) is 2.59. The van der Waals surface area contributed by atoms with Crippen molar-refractivity contribution in [3.8, 4) is 0 Å². The van der Waals surface area contributed by atoms with Crippen molar-refractivity contribution in [1.82, 2.24) is 0 Å². The van der Waals surface area contributed by atoms with Crippen LogP contribution in [0.5, 0.6) is 0 Å². The lowest BCUT2D eigenvalue weighted by Gasteiger charge is -2.20. The van der Waals surface area contributed by atoms with Crippen molar-refractivity contribution in [1.29, 1.82) is 0 Å². The van der Waals surface area contributed by atoms with E-state index in [0.717, 1.165) is 12.8 Å². The molecule has 1 aliphatic heterocycles. The molecule has 3 N–H and O–H groups in total. The zero-order valence-electron chi connectivity index (χ0n) is 13.7. The van der Waals surface area contributed by atoms with Gasteiger partial charge in [0.25, 0.3) is 0 Å². The lowest BCUT2D eigenvalue weighted by molar-refractivity contribution is -0.0726. The molecule has 1 saturated heterocycles. The van der Waals surface area contributed by atoms with E-state index in [1.807, 2.05) is 0 Å². The number of aliphatic hydroxyl groups is 3. The molecular weight excluding hydrogens is 284 g/mol. The van der Waals surface area contributed by atoms with Gasteiger partial charge in [-0.2, -0.15) is 0 Å². The molecule has 0 spiro atoms. The molecule has 1 fully saturated rings. The average molecular weight is 316 g/mol. The molecule has 5 nitrogen and oxygen atoms in total. The van der Waals surface area contributed by atoms with E-state index in [1.54, 1.807) is 0 Å². The molecule has 5 heteroatoms. The summed E-state index contributed by atoms with van der Waals surface area (Å²) < 4.78 is 10.9. The molecule has 1 rings (SSSR count). The maximum Gasteiger partial charge on any atom is 0.114 e. The van der Waals surface area contributed by atoms with E-state index in [1.165, 1.54) is 32.1 Å². The summed E-state index contributed by atoms with van der Waals surface area (Å²) in [6.07, 6.45) is 9.58. The number of ether oxygens (including phenoxy) is 2. The predicted octanol–water partition coefficient (Wildman–Crippen LogP) is 1.79. The molecule has 0 aliphatic carbocycles.